The predicted molar refractivity (Wildman–Crippen MR) is 53.4 cm³/mol. The van der Waals surface area contributed by atoms with Gasteiger partial charge in [0.25, 0.3) is 0 Å². The molecule has 2 atom stereocenters. The van der Waals surface area contributed by atoms with E-state index in [4.69, 9.17) is 0 Å². The molecule has 72 valence electrons. The number of hydrogen-bond acceptors (Lipinski definition) is 2. The van der Waals surface area contributed by atoms with E-state index in [1.165, 1.54) is 6.54 Å². The van der Waals surface area contributed by atoms with E-state index < -0.39 is 0 Å². The molecule has 1 saturated heterocycles. The molecule has 2 heteroatoms. The SMILES string of the molecule is C[C@H]1CN(C(C)(C)C)[C@@H](C)CN1. The largest absolute Gasteiger partial charge is 0.311 e. The molecule has 0 aromatic rings. The van der Waals surface area contributed by atoms with Crippen LogP contribution in [0.25, 0.3) is 0 Å². The van der Waals surface area contributed by atoms with E-state index in [1.54, 1.807) is 0 Å². The van der Waals surface area contributed by atoms with Crippen molar-refractivity contribution >= 4 is 0 Å². The van der Waals surface area contributed by atoms with Crippen LogP contribution in [0.2, 0.25) is 0 Å². The van der Waals surface area contributed by atoms with Crippen LogP contribution in [0.15, 0.2) is 0 Å². The fraction of sp³-hybridized carbons (Fsp3) is 1.00. The van der Waals surface area contributed by atoms with Crippen molar-refractivity contribution in [3.63, 3.8) is 0 Å². The molecule has 0 aromatic carbocycles. The quantitative estimate of drug-likeness (QED) is 0.592. The van der Waals surface area contributed by atoms with E-state index >= 15 is 0 Å². The van der Waals surface area contributed by atoms with Gasteiger partial charge in [0.15, 0.2) is 0 Å². The highest BCUT2D eigenvalue weighted by atomic mass is 15.3. The van der Waals surface area contributed by atoms with Gasteiger partial charge in [-0.05, 0) is 34.6 Å². The van der Waals surface area contributed by atoms with E-state index in [1.807, 2.05) is 0 Å². The first-order valence-corrected chi connectivity index (χ1v) is 4.91. The molecule has 0 spiro atoms. The van der Waals surface area contributed by atoms with Crippen molar-refractivity contribution in [3.05, 3.63) is 0 Å². The monoisotopic (exact) mass is 170 g/mol. The fourth-order valence-electron chi connectivity index (χ4n) is 1.96. The van der Waals surface area contributed by atoms with Gasteiger partial charge in [-0.2, -0.15) is 0 Å². The lowest BCUT2D eigenvalue weighted by Crippen LogP contribution is -2.60. The molecule has 1 rings (SSSR count). The second-order valence-corrected chi connectivity index (χ2v) is 4.98. The van der Waals surface area contributed by atoms with Crippen molar-refractivity contribution in [2.24, 2.45) is 0 Å². The van der Waals surface area contributed by atoms with Gasteiger partial charge in [-0.3, -0.25) is 4.90 Å². The van der Waals surface area contributed by atoms with Crippen LogP contribution in [0, 0.1) is 0 Å². The fourth-order valence-corrected chi connectivity index (χ4v) is 1.96. The van der Waals surface area contributed by atoms with Crippen LogP contribution in [0.3, 0.4) is 0 Å². The van der Waals surface area contributed by atoms with Gasteiger partial charge in [-0.15, -0.1) is 0 Å². The summed E-state index contributed by atoms with van der Waals surface area (Å²) >= 11 is 0. The number of nitrogens with zero attached hydrogens (tertiary/aromatic N) is 1. The van der Waals surface area contributed by atoms with Gasteiger partial charge in [-0.1, -0.05) is 0 Å². The average molecular weight is 170 g/mol. The van der Waals surface area contributed by atoms with E-state index in [9.17, 15) is 0 Å². The highest BCUT2D eigenvalue weighted by molar-refractivity contribution is 4.88. The number of nitrogens with one attached hydrogen (secondary N) is 1. The molecule has 1 N–H and O–H groups in total. The molecule has 1 aliphatic rings. The van der Waals surface area contributed by atoms with E-state index in [-0.39, 0.29) is 0 Å². The Hall–Kier alpha value is -0.0800. The maximum Gasteiger partial charge on any atom is 0.0198 e. The third kappa shape index (κ3) is 2.20. The van der Waals surface area contributed by atoms with E-state index in [2.05, 4.69) is 44.8 Å². The Morgan fingerprint density at radius 2 is 1.83 bits per heavy atom. The lowest BCUT2D eigenvalue weighted by molar-refractivity contribution is 0.0533. The molecule has 2 nitrogen and oxygen atoms in total. The van der Waals surface area contributed by atoms with Crippen LogP contribution >= 0.6 is 0 Å². The summed E-state index contributed by atoms with van der Waals surface area (Å²) in [5.41, 5.74) is 0.315. The van der Waals surface area contributed by atoms with Crippen LogP contribution in [0.4, 0.5) is 0 Å². The van der Waals surface area contributed by atoms with Crippen molar-refractivity contribution in [1.82, 2.24) is 10.2 Å². The van der Waals surface area contributed by atoms with Gasteiger partial charge in [0.1, 0.15) is 0 Å². The molecule has 1 heterocycles. The van der Waals surface area contributed by atoms with E-state index in [0.717, 1.165) is 6.54 Å². The van der Waals surface area contributed by atoms with Gasteiger partial charge in [0, 0.05) is 30.7 Å². The third-order valence-electron chi connectivity index (χ3n) is 2.63. The minimum absolute atomic E-state index is 0.315. The third-order valence-corrected chi connectivity index (χ3v) is 2.63. The summed E-state index contributed by atoms with van der Waals surface area (Å²) in [6.45, 7) is 13.7. The summed E-state index contributed by atoms with van der Waals surface area (Å²) in [7, 11) is 0. The van der Waals surface area contributed by atoms with Crippen molar-refractivity contribution < 1.29 is 0 Å². The van der Waals surface area contributed by atoms with Gasteiger partial charge >= 0.3 is 0 Å². The average Bonchev–Trinajstić information content (AvgIpc) is 1.92. The summed E-state index contributed by atoms with van der Waals surface area (Å²) < 4.78 is 0. The molecular weight excluding hydrogens is 148 g/mol. The molecule has 0 aromatic heterocycles. The molecule has 0 amide bonds. The molecule has 0 radical (unpaired) electrons. The maximum absolute atomic E-state index is 3.49. The minimum Gasteiger partial charge on any atom is -0.311 e. The summed E-state index contributed by atoms with van der Waals surface area (Å²) in [4.78, 5) is 2.58. The molecule has 0 aliphatic carbocycles. The standard InChI is InChI=1S/C10H22N2/c1-8-7-12(10(3,4)5)9(2)6-11-8/h8-9,11H,6-7H2,1-5H3/t8-,9-/m0/s1. The van der Waals surface area contributed by atoms with Gasteiger partial charge in [-0.25, -0.2) is 0 Å². The second-order valence-electron chi connectivity index (χ2n) is 4.98. The van der Waals surface area contributed by atoms with Crippen molar-refractivity contribution in [2.75, 3.05) is 13.1 Å². The van der Waals surface area contributed by atoms with Gasteiger partial charge in [0.05, 0.1) is 0 Å². The van der Waals surface area contributed by atoms with E-state index in [0.29, 0.717) is 17.6 Å². The highest BCUT2D eigenvalue weighted by Crippen LogP contribution is 2.19. The Labute approximate surface area is 76.3 Å². The first-order valence-electron chi connectivity index (χ1n) is 4.91. The Balaban J connectivity index is 2.61. The Kier molecular flexibility index (Phi) is 2.79. The minimum atomic E-state index is 0.315. The van der Waals surface area contributed by atoms with Crippen LogP contribution in [0.1, 0.15) is 34.6 Å². The van der Waals surface area contributed by atoms with Gasteiger partial charge in [0.2, 0.25) is 0 Å². The zero-order valence-electron chi connectivity index (χ0n) is 9.02. The molecular formula is C10H22N2. The first kappa shape index (κ1) is 10.0. The molecule has 0 bridgehead atoms. The summed E-state index contributed by atoms with van der Waals surface area (Å²) in [6.07, 6.45) is 0. The molecule has 12 heavy (non-hydrogen) atoms. The molecule has 1 aliphatic heterocycles. The topological polar surface area (TPSA) is 15.3 Å². The van der Waals surface area contributed by atoms with Crippen molar-refractivity contribution in [2.45, 2.75) is 52.2 Å². The van der Waals surface area contributed by atoms with Crippen LogP contribution < -0.4 is 5.32 Å². The Morgan fingerprint density at radius 1 is 1.25 bits per heavy atom. The Morgan fingerprint density at radius 3 is 2.25 bits per heavy atom. The molecule has 1 fully saturated rings. The molecule has 0 saturated carbocycles. The highest BCUT2D eigenvalue weighted by Gasteiger charge is 2.30. The van der Waals surface area contributed by atoms with Crippen molar-refractivity contribution in [1.29, 1.82) is 0 Å². The lowest BCUT2D eigenvalue weighted by atomic mass is 10.00. The maximum atomic E-state index is 3.49. The normalized spacial score (nSPS) is 33.8. The molecule has 0 unspecified atom stereocenters. The Bertz CT molecular complexity index is 148. The van der Waals surface area contributed by atoms with Crippen LogP contribution in [0.5, 0.6) is 0 Å². The smallest absolute Gasteiger partial charge is 0.0198 e. The predicted octanol–water partition coefficient (Wildman–Crippen LogP) is 1.47. The number of rotatable bonds is 0. The number of hydrogen-bond donors (Lipinski definition) is 1. The zero-order valence-corrected chi connectivity index (χ0v) is 9.02. The van der Waals surface area contributed by atoms with Crippen molar-refractivity contribution in [3.8, 4) is 0 Å². The second kappa shape index (κ2) is 3.35. The van der Waals surface area contributed by atoms with Crippen LogP contribution in [-0.4, -0.2) is 35.6 Å². The summed E-state index contributed by atoms with van der Waals surface area (Å²) in [5.74, 6) is 0. The summed E-state index contributed by atoms with van der Waals surface area (Å²) in [6, 6.07) is 1.31. The van der Waals surface area contributed by atoms with Crippen LogP contribution in [-0.2, 0) is 0 Å². The lowest BCUT2D eigenvalue weighted by Gasteiger charge is -2.45. The zero-order chi connectivity index (χ0) is 9.35. The summed E-state index contributed by atoms with van der Waals surface area (Å²) in [5, 5.41) is 3.49. The van der Waals surface area contributed by atoms with Gasteiger partial charge < -0.3 is 5.32 Å². The first-order chi connectivity index (χ1) is 5.41. The number of piperazine rings is 1.